The highest BCUT2D eigenvalue weighted by Gasteiger charge is 2.17. The van der Waals surface area contributed by atoms with Gasteiger partial charge < -0.3 is 5.32 Å². The Balaban J connectivity index is 2.61. The molecule has 0 fully saturated rings. The van der Waals surface area contributed by atoms with Crippen molar-refractivity contribution >= 4 is 11.6 Å². The van der Waals surface area contributed by atoms with E-state index in [-0.39, 0.29) is 6.04 Å². The minimum atomic E-state index is -2.35. The second-order valence-electron chi connectivity index (χ2n) is 3.56. The highest BCUT2D eigenvalue weighted by Crippen LogP contribution is 2.17. The number of halogens is 3. The Morgan fingerprint density at radius 1 is 1.13 bits per heavy atom. The Morgan fingerprint density at radius 3 is 2.13 bits per heavy atom. The molecule has 1 nitrogen and oxygen atoms in total. The van der Waals surface area contributed by atoms with Crippen molar-refractivity contribution in [2.75, 3.05) is 0 Å². The molecule has 2 atom stereocenters. The summed E-state index contributed by atoms with van der Waals surface area (Å²) in [6, 6.07) is 6.25. The molecular formula is C11H14ClF2N. The molecule has 0 aliphatic rings. The van der Waals surface area contributed by atoms with Gasteiger partial charge in [-0.05, 0) is 31.5 Å². The molecule has 1 aromatic carbocycles. The van der Waals surface area contributed by atoms with Crippen molar-refractivity contribution in [1.29, 1.82) is 0 Å². The highest BCUT2D eigenvalue weighted by molar-refractivity contribution is 6.30. The molecule has 0 saturated heterocycles. The minimum absolute atomic E-state index is 0.105. The molecule has 2 unspecified atom stereocenters. The normalized spacial score (nSPS) is 15.3. The molecular weight excluding hydrogens is 220 g/mol. The number of alkyl halides is 2. The van der Waals surface area contributed by atoms with E-state index in [4.69, 9.17) is 11.6 Å². The molecule has 1 rings (SSSR count). The Morgan fingerprint density at radius 2 is 1.67 bits per heavy atom. The lowest BCUT2D eigenvalue weighted by molar-refractivity contribution is 0.101. The fourth-order valence-electron chi connectivity index (χ4n) is 1.31. The van der Waals surface area contributed by atoms with Crippen LogP contribution in [0.15, 0.2) is 24.3 Å². The van der Waals surface area contributed by atoms with Gasteiger partial charge in [-0.2, -0.15) is 0 Å². The monoisotopic (exact) mass is 233 g/mol. The summed E-state index contributed by atoms with van der Waals surface area (Å²) in [7, 11) is 0. The molecule has 1 aromatic rings. The standard InChI is InChI=1S/C11H14ClF2N/c1-7(15-8(2)11(13)14)9-3-5-10(12)6-4-9/h3-8,11,15H,1-2H3. The lowest BCUT2D eigenvalue weighted by Crippen LogP contribution is -2.34. The quantitative estimate of drug-likeness (QED) is 0.837. The van der Waals surface area contributed by atoms with Crippen LogP contribution in [0.25, 0.3) is 0 Å². The van der Waals surface area contributed by atoms with Gasteiger partial charge in [0.25, 0.3) is 6.43 Å². The van der Waals surface area contributed by atoms with E-state index in [9.17, 15) is 8.78 Å². The van der Waals surface area contributed by atoms with Crippen molar-refractivity contribution in [3.63, 3.8) is 0 Å². The lowest BCUT2D eigenvalue weighted by atomic mass is 10.1. The maximum atomic E-state index is 12.3. The maximum Gasteiger partial charge on any atom is 0.253 e. The fraction of sp³-hybridized carbons (Fsp3) is 0.455. The topological polar surface area (TPSA) is 12.0 Å². The zero-order valence-electron chi connectivity index (χ0n) is 8.68. The molecule has 0 amide bonds. The zero-order valence-corrected chi connectivity index (χ0v) is 9.43. The van der Waals surface area contributed by atoms with E-state index in [0.717, 1.165) is 5.56 Å². The van der Waals surface area contributed by atoms with Crippen molar-refractivity contribution in [3.05, 3.63) is 34.9 Å². The van der Waals surface area contributed by atoms with Gasteiger partial charge in [0, 0.05) is 11.1 Å². The lowest BCUT2D eigenvalue weighted by Gasteiger charge is -2.19. The summed E-state index contributed by atoms with van der Waals surface area (Å²) < 4.78 is 24.6. The summed E-state index contributed by atoms with van der Waals surface area (Å²) in [5, 5.41) is 3.47. The summed E-state index contributed by atoms with van der Waals surface area (Å²) in [5.74, 6) is 0. The molecule has 1 N–H and O–H groups in total. The van der Waals surface area contributed by atoms with Gasteiger partial charge in [0.05, 0.1) is 6.04 Å². The van der Waals surface area contributed by atoms with Crippen LogP contribution in [0.5, 0.6) is 0 Å². The van der Waals surface area contributed by atoms with Gasteiger partial charge >= 0.3 is 0 Å². The summed E-state index contributed by atoms with van der Waals surface area (Å²) >= 11 is 5.73. The molecule has 15 heavy (non-hydrogen) atoms. The largest absolute Gasteiger partial charge is 0.302 e. The Labute approximate surface area is 93.4 Å². The van der Waals surface area contributed by atoms with Crippen molar-refractivity contribution in [3.8, 4) is 0 Å². The number of rotatable bonds is 4. The molecule has 0 heterocycles. The number of benzene rings is 1. The molecule has 84 valence electrons. The van der Waals surface area contributed by atoms with Gasteiger partial charge in [0.2, 0.25) is 0 Å². The molecule has 4 heteroatoms. The average Bonchev–Trinajstić information content (AvgIpc) is 2.18. The smallest absolute Gasteiger partial charge is 0.253 e. The van der Waals surface area contributed by atoms with Crippen LogP contribution >= 0.6 is 11.6 Å². The Hall–Kier alpha value is -0.670. The van der Waals surface area contributed by atoms with Crippen LogP contribution in [0, 0.1) is 0 Å². The summed E-state index contributed by atoms with van der Waals surface area (Å²) in [4.78, 5) is 0. The first-order chi connectivity index (χ1) is 7.00. The Bertz CT molecular complexity index is 300. The van der Waals surface area contributed by atoms with Gasteiger partial charge in [-0.1, -0.05) is 23.7 Å². The summed E-state index contributed by atoms with van der Waals surface area (Å²) in [6.07, 6.45) is -2.35. The zero-order chi connectivity index (χ0) is 11.4. The van der Waals surface area contributed by atoms with Crippen LogP contribution in [-0.2, 0) is 0 Å². The van der Waals surface area contributed by atoms with Crippen LogP contribution in [0.4, 0.5) is 8.78 Å². The first kappa shape index (κ1) is 12.4. The molecule has 0 aliphatic carbocycles. The van der Waals surface area contributed by atoms with E-state index in [1.165, 1.54) is 6.92 Å². The molecule has 0 aromatic heterocycles. The second-order valence-corrected chi connectivity index (χ2v) is 4.00. The van der Waals surface area contributed by atoms with Crippen molar-refractivity contribution in [2.45, 2.75) is 32.4 Å². The first-order valence-corrected chi connectivity index (χ1v) is 5.18. The molecule has 0 spiro atoms. The third-order valence-electron chi connectivity index (χ3n) is 2.26. The van der Waals surface area contributed by atoms with Crippen molar-refractivity contribution < 1.29 is 8.78 Å². The highest BCUT2D eigenvalue weighted by atomic mass is 35.5. The fourth-order valence-corrected chi connectivity index (χ4v) is 1.44. The third-order valence-corrected chi connectivity index (χ3v) is 2.51. The Kier molecular flexibility index (Phi) is 4.48. The van der Waals surface area contributed by atoms with Gasteiger partial charge in [0.15, 0.2) is 0 Å². The van der Waals surface area contributed by atoms with Gasteiger partial charge in [-0.3, -0.25) is 0 Å². The van der Waals surface area contributed by atoms with E-state index in [0.29, 0.717) is 5.02 Å². The maximum absolute atomic E-state index is 12.3. The predicted molar refractivity (Wildman–Crippen MR) is 58.5 cm³/mol. The van der Waals surface area contributed by atoms with E-state index < -0.39 is 12.5 Å². The van der Waals surface area contributed by atoms with Crippen LogP contribution in [0.2, 0.25) is 5.02 Å². The average molecular weight is 234 g/mol. The van der Waals surface area contributed by atoms with E-state index in [1.54, 1.807) is 12.1 Å². The third kappa shape index (κ3) is 3.76. The van der Waals surface area contributed by atoms with Crippen LogP contribution < -0.4 is 5.32 Å². The number of nitrogens with one attached hydrogen (secondary N) is 1. The molecule has 0 aliphatic heterocycles. The molecule has 0 saturated carbocycles. The summed E-state index contributed by atoms with van der Waals surface area (Å²) in [6.45, 7) is 3.32. The second kappa shape index (κ2) is 5.42. The van der Waals surface area contributed by atoms with Gasteiger partial charge in [0.1, 0.15) is 0 Å². The number of hydrogen-bond acceptors (Lipinski definition) is 1. The molecule has 0 radical (unpaired) electrons. The van der Waals surface area contributed by atoms with Crippen molar-refractivity contribution in [2.24, 2.45) is 0 Å². The summed E-state index contributed by atoms with van der Waals surface area (Å²) in [5.41, 5.74) is 0.951. The minimum Gasteiger partial charge on any atom is -0.302 e. The number of hydrogen-bond donors (Lipinski definition) is 1. The SMILES string of the molecule is CC(NC(C)C(F)F)c1ccc(Cl)cc1. The molecule has 0 bridgehead atoms. The van der Waals surface area contributed by atoms with Crippen LogP contribution in [0.3, 0.4) is 0 Å². The van der Waals surface area contributed by atoms with Gasteiger partial charge in [-0.25, -0.2) is 8.78 Å². The predicted octanol–water partition coefficient (Wildman–Crippen LogP) is 3.64. The van der Waals surface area contributed by atoms with E-state index in [2.05, 4.69) is 5.32 Å². The van der Waals surface area contributed by atoms with E-state index in [1.807, 2.05) is 19.1 Å². The van der Waals surface area contributed by atoms with E-state index >= 15 is 0 Å². The van der Waals surface area contributed by atoms with Crippen LogP contribution in [0.1, 0.15) is 25.5 Å². The van der Waals surface area contributed by atoms with Crippen LogP contribution in [-0.4, -0.2) is 12.5 Å². The first-order valence-electron chi connectivity index (χ1n) is 4.80. The van der Waals surface area contributed by atoms with Crippen molar-refractivity contribution in [1.82, 2.24) is 5.32 Å². The van der Waals surface area contributed by atoms with Gasteiger partial charge in [-0.15, -0.1) is 0 Å².